The summed E-state index contributed by atoms with van der Waals surface area (Å²) in [6.45, 7) is 11.7. The van der Waals surface area contributed by atoms with E-state index in [2.05, 4.69) is 35.6 Å². The lowest BCUT2D eigenvalue weighted by Crippen LogP contribution is -2.49. The molecular weight excluding hydrogens is 318 g/mol. The maximum absolute atomic E-state index is 12.6. The van der Waals surface area contributed by atoms with Crippen LogP contribution in [0.4, 0.5) is 0 Å². The number of hydrogen-bond acceptors (Lipinski definition) is 5. The van der Waals surface area contributed by atoms with Gasteiger partial charge in [0, 0.05) is 58.1 Å². The fraction of sp³-hybridized carbons (Fsp3) is 0.667. The number of carbonyl (C=O) groups is 2. The Bertz CT molecular complexity index is 556. The molecule has 0 spiro atoms. The SMILES string of the molecule is CCN1CCN(C(=O)CCN(CC(C)C)C(=O)c2cnccn2)CC1. The molecule has 138 valence electrons. The zero-order chi connectivity index (χ0) is 18.2. The first kappa shape index (κ1) is 19.3. The normalized spacial score (nSPS) is 15.4. The monoisotopic (exact) mass is 347 g/mol. The molecule has 1 fully saturated rings. The predicted octanol–water partition coefficient (Wildman–Crippen LogP) is 1.13. The van der Waals surface area contributed by atoms with Crippen molar-refractivity contribution in [3.05, 3.63) is 24.3 Å². The van der Waals surface area contributed by atoms with Crippen LogP contribution in [0.15, 0.2) is 18.6 Å². The van der Waals surface area contributed by atoms with E-state index in [0.29, 0.717) is 31.1 Å². The molecule has 0 atom stereocenters. The van der Waals surface area contributed by atoms with Crippen LogP contribution < -0.4 is 0 Å². The van der Waals surface area contributed by atoms with Crippen LogP contribution in [0.5, 0.6) is 0 Å². The average Bonchev–Trinajstić information content (AvgIpc) is 2.64. The van der Waals surface area contributed by atoms with Crippen LogP contribution in [0, 0.1) is 5.92 Å². The minimum absolute atomic E-state index is 0.122. The first-order valence-corrected chi connectivity index (χ1v) is 9.06. The number of hydrogen-bond donors (Lipinski definition) is 0. The van der Waals surface area contributed by atoms with Crippen molar-refractivity contribution in [2.75, 3.05) is 45.8 Å². The lowest BCUT2D eigenvalue weighted by molar-refractivity contribution is -0.133. The van der Waals surface area contributed by atoms with E-state index >= 15 is 0 Å². The van der Waals surface area contributed by atoms with E-state index < -0.39 is 0 Å². The van der Waals surface area contributed by atoms with Gasteiger partial charge in [-0.2, -0.15) is 0 Å². The topological polar surface area (TPSA) is 69.6 Å². The summed E-state index contributed by atoms with van der Waals surface area (Å²) in [6, 6.07) is 0. The lowest BCUT2D eigenvalue weighted by Gasteiger charge is -2.34. The summed E-state index contributed by atoms with van der Waals surface area (Å²) >= 11 is 0. The highest BCUT2D eigenvalue weighted by Crippen LogP contribution is 2.08. The highest BCUT2D eigenvalue weighted by Gasteiger charge is 2.23. The van der Waals surface area contributed by atoms with E-state index in [4.69, 9.17) is 0 Å². The fourth-order valence-corrected chi connectivity index (χ4v) is 2.99. The van der Waals surface area contributed by atoms with E-state index in [1.807, 2.05) is 4.90 Å². The molecule has 0 N–H and O–H groups in total. The van der Waals surface area contributed by atoms with Crippen molar-refractivity contribution in [1.82, 2.24) is 24.7 Å². The summed E-state index contributed by atoms with van der Waals surface area (Å²) in [4.78, 5) is 39.1. The second kappa shape index (κ2) is 9.46. The van der Waals surface area contributed by atoms with Gasteiger partial charge in [-0.1, -0.05) is 20.8 Å². The Morgan fingerprint density at radius 2 is 1.92 bits per heavy atom. The van der Waals surface area contributed by atoms with Crippen molar-refractivity contribution in [2.45, 2.75) is 27.2 Å². The minimum atomic E-state index is -0.162. The van der Waals surface area contributed by atoms with Gasteiger partial charge in [-0.3, -0.25) is 14.6 Å². The molecular formula is C18H29N5O2. The van der Waals surface area contributed by atoms with Gasteiger partial charge in [0.25, 0.3) is 5.91 Å². The molecule has 0 aliphatic carbocycles. The molecule has 2 rings (SSSR count). The Morgan fingerprint density at radius 3 is 2.48 bits per heavy atom. The summed E-state index contributed by atoms with van der Waals surface area (Å²) in [5, 5.41) is 0. The largest absolute Gasteiger partial charge is 0.340 e. The standard InChI is InChI=1S/C18H29N5O2/c1-4-21-9-11-22(12-10-21)17(24)5-8-23(14-15(2)3)18(25)16-13-19-6-7-20-16/h6-7,13,15H,4-5,8-12,14H2,1-3H3. The molecule has 0 unspecified atom stereocenters. The Kier molecular flexibility index (Phi) is 7.31. The van der Waals surface area contributed by atoms with Crippen LogP contribution in [-0.2, 0) is 4.79 Å². The average molecular weight is 347 g/mol. The van der Waals surface area contributed by atoms with Crippen LogP contribution in [0.1, 0.15) is 37.7 Å². The van der Waals surface area contributed by atoms with E-state index in [1.54, 1.807) is 11.1 Å². The number of rotatable bonds is 7. The first-order chi connectivity index (χ1) is 12.0. The van der Waals surface area contributed by atoms with Gasteiger partial charge in [0.05, 0.1) is 6.20 Å². The molecule has 1 aliphatic rings. The third-order valence-electron chi connectivity index (χ3n) is 4.42. The molecule has 1 saturated heterocycles. The maximum Gasteiger partial charge on any atom is 0.274 e. The Morgan fingerprint density at radius 1 is 1.20 bits per heavy atom. The van der Waals surface area contributed by atoms with Crippen molar-refractivity contribution >= 4 is 11.8 Å². The minimum Gasteiger partial charge on any atom is -0.340 e. The van der Waals surface area contributed by atoms with Gasteiger partial charge < -0.3 is 14.7 Å². The van der Waals surface area contributed by atoms with E-state index in [1.165, 1.54) is 12.4 Å². The summed E-state index contributed by atoms with van der Waals surface area (Å²) in [7, 11) is 0. The van der Waals surface area contributed by atoms with Crippen molar-refractivity contribution in [3.8, 4) is 0 Å². The van der Waals surface area contributed by atoms with Crippen LogP contribution in [0.3, 0.4) is 0 Å². The van der Waals surface area contributed by atoms with Gasteiger partial charge in [0.2, 0.25) is 5.91 Å². The van der Waals surface area contributed by atoms with E-state index in [9.17, 15) is 9.59 Å². The number of piperazine rings is 1. The van der Waals surface area contributed by atoms with Crippen LogP contribution >= 0.6 is 0 Å². The molecule has 2 amide bonds. The molecule has 2 heterocycles. The smallest absolute Gasteiger partial charge is 0.274 e. The van der Waals surface area contributed by atoms with Crippen LogP contribution in [0.25, 0.3) is 0 Å². The number of likely N-dealkylation sites (N-methyl/N-ethyl adjacent to an activating group) is 1. The third-order valence-corrected chi connectivity index (χ3v) is 4.42. The van der Waals surface area contributed by atoms with Gasteiger partial charge in [-0.15, -0.1) is 0 Å². The molecule has 7 nitrogen and oxygen atoms in total. The number of nitrogens with zero attached hydrogens (tertiary/aromatic N) is 5. The molecule has 7 heteroatoms. The van der Waals surface area contributed by atoms with Crippen LogP contribution in [0.2, 0.25) is 0 Å². The summed E-state index contributed by atoms with van der Waals surface area (Å²) in [6.07, 6.45) is 4.88. The molecule has 1 aromatic heterocycles. The van der Waals surface area contributed by atoms with Gasteiger partial charge in [0.15, 0.2) is 0 Å². The summed E-state index contributed by atoms with van der Waals surface area (Å²) in [5.74, 6) is 0.283. The van der Waals surface area contributed by atoms with E-state index in [0.717, 1.165) is 32.7 Å². The Balaban J connectivity index is 1.91. The maximum atomic E-state index is 12.6. The molecule has 1 aliphatic heterocycles. The third kappa shape index (κ3) is 5.77. The first-order valence-electron chi connectivity index (χ1n) is 9.06. The van der Waals surface area contributed by atoms with Crippen molar-refractivity contribution in [1.29, 1.82) is 0 Å². The highest BCUT2D eigenvalue weighted by molar-refractivity contribution is 5.92. The molecule has 0 radical (unpaired) electrons. The van der Waals surface area contributed by atoms with Crippen molar-refractivity contribution in [2.24, 2.45) is 5.92 Å². The second-order valence-corrected chi connectivity index (χ2v) is 6.80. The zero-order valence-electron chi connectivity index (χ0n) is 15.5. The van der Waals surface area contributed by atoms with Crippen molar-refractivity contribution < 1.29 is 9.59 Å². The number of amides is 2. The molecule has 0 saturated carbocycles. The fourth-order valence-electron chi connectivity index (χ4n) is 2.99. The Labute approximate surface area is 150 Å². The van der Waals surface area contributed by atoms with Crippen molar-refractivity contribution in [3.63, 3.8) is 0 Å². The van der Waals surface area contributed by atoms with E-state index in [-0.39, 0.29) is 11.8 Å². The second-order valence-electron chi connectivity index (χ2n) is 6.80. The highest BCUT2D eigenvalue weighted by atomic mass is 16.2. The summed E-state index contributed by atoms with van der Waals surface area (Å²) in [5.41, 5.74) is 0.326. The van der Waals surface area contributed by atoms with Crippen LogP contribution in [-0.4, -0.2) is 82.3 Å². The van der Waals surface area contributed by atoms with Gasteiger partial charge in [-0.25, -0.2) is 4.98 Å². The molecule has 25 heavy (non-hydrogen) atoms. The molecule has 1 aromatic rings. The molecule has 0 aromatic carbocycles. The molecule has 0 bridgehead atoms. The van der Waals surface area contributed by atoms with Gasteiger partial charge in [0.1, 0.15) is 5.69 Å². The quantitative estimate of drug-likeness (QED) is 0.739. The van der Waals surface area contributed by atoms with Gasteiger partial charge >= 0.3 is 0 Å². The zero-order valence-corrected chi connectivity index (χ0v) is 15.5. The predicted molar refractivity (Wildman–Crippen MR) is 96.1 cm³/mol. The van der Waals surface area contributed by atoms with Gasteiger partial charge in [-0.05, 0) is 12.5 Å². The number of carbonyl (C=O) groups excluding carboxylic acids is 2. The Hall–Kier alpha value is -2.02. The summed E-state index contributed by atoms with van der Waals surface area (Å²) < 4.78 is 0. The number of aromatic nitrogens is 2. The lowest BCUT2D eigenvalue weighted by atomic mass is 10.2.